The first-order valence-electron chi connectivity index (χ1n) is 7.60. The molecule has 2 N–H and O–H groups in total. The predicted molar refractivity (Wildman–Crippen MR) is 82.7 cm³/mol. The van der Waals surface area contributed by atoms with Crippen molar-refractivity contribution in [2.24, 2.45) is 0 Å². The number of piperidine rings is 1. The highest BCUT2D eigenvalue weighted by atomic mass is 16.5. The lowest BCUT2D eigenvalue weighted by Crippen LogP contribution is -2.58. The number of methoxy groups -OCH3 is 1. The minimum Gasteiger partial charge on any atom is -0.465 e. The highest BCUT2D eigenvalue weighted by Gasteiger charge is 2.34. The van der Waals surface area contributed by atoms with E-state index in [1.54, 1.807) is 7.11 Å². The number of rotatable bonds is 7. The van der Waals surface area contributed by atoms with Crippen LogP contribution in [0.3, 0.4) is 0 Å². The molecule has 1 aliphatic rings. The molecule has 6 heteroatoms. The normalized spacial score (nSPS) is 21.8. The van der Waals surface area contributed by atoms with Crippen LogP contribution in [0.5, 0.6) is 0 Å². The minimum atomic E-state index is -0.911. The van der Waals surface area contributed by atoms with Crippen molar-refractivity contribution in [3.8, 4) is 0 Å². The molecule has 0 aromatic heterocycles. The predicted octanol–water partition coefficient (Wildman–Crippen LogP) is 1.91. The molecule has 122 valence electrons. The molecule has 0 radical (unpaired) electrons. The molecule has 22 heavy (non-hydrogen) atoms. The van der Waals surface area contributed by atoms with Crippen LogP contribution in [0, 0.1) is 0 Å². The number of carboxylic acid groups (broad SMARTS) is 1. The number of likely N-dealkylation sites (tertiary alicyclic amines) is 1. The lowest BCUT2D eigenvalue weighted by Gasteiger charge is -2.40. The molecule has 1 aromatic carbocycles. The fourth-order valence-electron chi connectivity index (χ4n) is 2.69. The molecule has 0 aliphatic carbocycles. The van der Waals surface area contributed by atoms with E-state index < -0.39 is 6.09 Å². The Labute approximate surface area is 131 Å². The summed E-state index contributed by atoms with van der Waals surface area (Å²) in [5, 5.41) is 12.7. The zero-order valence-electron chi connectivity index (χ0n) is 12.9. The van der Waals surface area contributed by atoms with Gasteiger partial charge < -0.3 is 14.6 Å². The number of ether oxygens (including phenoxy) is 2. The molecule has 2 atom stereocenters. The number of amides is 1. The first kappa shape index (κ1) is 16.7. The number of hydrogen-bond donors (Lipinski definition) is 2. The number of nitrogens with one attached hydrogen (secondary N) is 1. The maximum Gasteiger partial charge on any atom is 0.408 e. The van der Waals surface area contributed by atoms with Crippen molar-refractivity contribution in [1.82, 2.24) is 10.2 Å². The third-order valence-electron chi connectivity index (χ3n) is 3.80. The van der Waals surface area contributed by atoms with Crippen LogP contribution in [0.1, 0.15) is 18.4 Å². The van der Waals surface area contributed by atoms with Gasteiger partial charge in [0.05, 0.1) is 19.3 Å². The summed E-state index contributed by atoms with van der Waals surface area (Å²) in [6.45, 7) is 2.12. The Hall–Kier alpha value is -1.63. The molecular weight excluding hydrogens is 284 g/mol. The Kier molecular flexibility index (Phi) is 6.64. The molecule has 1 saturated heterocycles. The van der Waals surface area contributed by atoms with Crippen molar-refractivity contribution in [3.63, 3.8) is 0 Å². The molecule has 2 rings (SSSR count). The van der Waals surface area contributed by atoms with E-state index in [4.69, 9.17) is 9.47 Å². The van der Waals surface area contributed by atoms with Crippen molar-refractivity contribution in [3.05, 3.63) is 35.9 Å². The summed E-state index contributed by atoms with van der Waals surface area (Å²) in [6, 6.07) is 9.94. The molecule has 1 aliphatic heterocycles. The molecule has 0 saturated carbocycles. The summed E-state index contributed by atoms with van der Waals surface area (Å²) in [5.74, 6) is 0. The quantitative estimate of drug-likeness (QED) is 0.753. The molecule has 0 spiro atoms. The molecule has 6 nitrogen and oxygen atoms in total. The van der Waals surface area contributed by atoms with E-state index in [-0.39, 0.29) is 12.3 Å². The summed E-state index contributed by atoms with van der Waals surface area (Å²) < 4.78 is 10.8. The molecule has 0 bridgehead atoms. The highest BCUT2D eigenvalue weighted by Crippen LogP contribution is 2.19. The second-order valence-electron chi connectivity index (χ2n) is 5.33. The largest absolute Gasteiger partial charge is 0.465 e. The van der Waals surface area contributed by atoms with Crippen LogP contribution >= 0.6 is 0 Å². The van der Waals surface area contributed by atoms with E-state index in [1.165, 1.54) is 4.90 Å². The summed E-state index contributed by atoms with van der Waals surface area (Å²) in [7, 11) is 1.62. The standard InChI is InChI=1S/C16H24N2O4/c1-21-10-11-22-14-8-5-9-18(16(19)20)15(14)17-12-13-6-3-2-4-7-13/h2-4,6-7,14-15,17H,5,8-12H2,1H3,(H,19,20). The maximum atomic E-state index is 11.5. The van der Waals surface area contributed by atoms with Crippen LogP contribution in [-0.4, -0.2) is 55.2 Å². The zero-order chi connectivity index (χ0) is 15.8. The fraction of sp³-hybridized carbons (Fsp3) is 0.562. The van der Waals surface area contributed by atoms with E-state index in [0.717, 1.165) is 18.4 Å². The van der Waals surface area contributed by atoms with Crippen molar-refractivity contribution >= 4 is 6.09 Å². The second-order valence-corrected chi connectivity index (χ2v) is 5.33. The van der Waals surface area contributed by atoms with Gasteiger partial charge in [-0.25, -0.2) is 4.79 Å². The lowest BCUT2D eigenvalue weighted by atomic mass is 10.0. The SMILES string of the molecule is COCCOC1CCCN(C(=O)O)C1NCc1ccccc1. The van der Waals surface area contributed by atoms with Gasteiger partial charge in [0.25, 0.3) is 0 Å². The highest BCUT2D eigenvalue weighted by molar-refractivity contribution is 5.65. The molecule has 1 heterocycles. The third kappa shape index (κ3) is 4.69. The van der Waals surface area contributed by atoms with Gasteiger partial charge in [0, 0.05) is 20.2 Å². The van der Waals surface area contributed by atoms with Crippen LogP contribution in [0.2, 0.25) is 0 Å². The summed E-state index contributed by atoms with van der Waals surface area (Å²) in [6.07, 6.45) is 0.269. The van der Waals surface area contributed by atoms with Crippen LogP contribution in [0.4, 0.5) is 4.79 Å². The topological polar surface area (TPSA) is 71.0 Å². The van der Waals surface area contributed by atoms with E-state index in [1.807, 2.05) is 30.3 Å². The smallest absolute Gasteiger partial charge is 0.408 e. The third-order valence-corrected chi connectivity index (χ3v) is 3.80. The molecule has 1 aromatic rings. The van der Waals surface area contributed by atoms with Crippen molar-refractivity contribution < 1.29 is 19.4 Å². The van der Waals surface area contributed by atoms with Gasteiger partial charge in [-0.1, -0.05) is 30.3 Å². The Morgan fingerprint density at radius 2 is 2.14 bits per heavy atom. The van der Waals surface area contributed by atoms with Gasteiger partial charge >= 0.3 is 6.09 Å². The first-order chi connectivity index (χ1) is 10.7. The number of carbonyl (C=O) groups is 1. The molecule has 2 unspecified atom stereocenters. The lowest BCUT2D eigenvalue weighted by molar-refractivity contribution is -0.0597. The van der Waals surface area contributed by atoms with Gasteiger partial charge in [0.15, 0.2) is 0 Å². The number of benzene rings is 1. The summed E-state index contributed by atoms with van der Waals surface area (Å²) in [5.41, 5.74) is 1.12. The molecule has 1 amide bonds. The van der Waals surface area contributed by atoms with E-state index >= 15 is 0 Å². The van der Waals surface area contributed by atoms with Crippen LogP contribution in [0.25, 0.3) is 0 Å². The average Bonchev–Trinajstić information content (AvgIpc) is 2.54. The van der Waals surface area contributed by atoms with Crippen molar-refractivity contribution in [2.45, 2.75) is 31.7 Å². The monoisotopic (exact) mass is 308 g/mol. The maximum absolute atomic E-state index is 11.5. The average molecular weight is 308 g/mol. The minimum absolute atomic E-state index is 0.149. The van der Waals surface area contributed by atoms with E-state index in [2.05, 4.69) is 5.32 Å². The Balaban J connectivity index is 1.99. The fourth-order valence-corrected chi connectivity index (χ4v) is 2.69. The van der Waals surface area contributed by atoms with Gasteiger partial charge in [-0.3, -0.25) is 10.2 Å². The Morgan fingerprint density at radius 3 is 2.82 bits per heavy atom. The van der Waals surface area contributed by atoms with Crippen LogP contribution in [0.15, 0.2) is 30.3 Å². The number of nitrogens with zero attached hydrogens (tertiary/aromatic N) is 1. The summed E-state index contributed by atoms with van der Waals surface area (Å²) in [4.78, 5) is 12.9. The molecule has 1 fully saturated rings. The van der Waals surface area contributed by atoms with Crippen molar-refractivity contribution in [2.75, 3.05) is 26.9 Å². The Bertz CT molecular complexity index is 455. The van der Waals surface area contributed by atoms with E-state index in [9.17, 15) is 9.90 Å². The molecular formula is C16H24N2O4. The van der Waals surface area contributed by atoms with Crippen molar-refractivity contribution in [1.29, 1.82) is 0 Å². The zero-order valence-corrected chi connectivity index (χ0v) is 12.9. The number of hydrogen-bond acceptors (Lipinski definition) is 4. The van der Waals surface area contributed by atoms with Gasteiger partial charge in [0.1, 0.15) is 6.17 Å². The Morgan fingerprint density at radius 1 is 1.36 bits per heavy atom. The van der Waals surface area contributed by atoms with Crippen LogP contribution in [-0.2, 0) is 16.0 Å². The van der Waals surface area contributed by atoms with Gasteiger partial charge in [-0.15, -0.1) is 0 Å². The van der Waals surface area contributed by atoms with Gasteiger partial charge in [-0.2, -0.15) is 0 Å². The van der Waals surface area contributed by atoms with Gasteiger partial charge in [-0.05, 0) is 18.4 Å². The summed E-state index contributed by atoms with van der Waals surface area (Å²) >= 11 is 0. The van der Waals surface area contributed by atoms with Gasteiger partial charge in [0.2, 0.25) is 0 Å². The first-order valence-corrected chi connectivity index (χ1v) is 7.60. The van der Waals surface area contributed by atoms with E-state index in [0.29, 0.717) is 26.3 Å². The van der Waals surface area contributed by atoms with Crippen LogP contribution < -0.4 is 5.32 Å². The second kappa shape index (κ2) is 8.73.